The molecule has 12 heteroatoms. The monoisotopic (exact) mass is 577 g/mol. The number of alkyl halides is 2. The van der Waals surface area contributed by atoms with Crippen molar-refractivity contribution in [3.8, 4) is 11.8 Å². The number of nitrogens with zero attached hydrogens (tertiary/aromatic N) is 7. The number of benzene rings is 1. The predicted octanol–water partition coefficient (Wildman–Crippen LogP) is 4.46. The van der Waals surface area contributed by atoms with Crippen LogP contribution in [0.4, 0.5) is 13.2 Å². The summed E-state index contributed by atoms with van der Waals surface area (Å²) in [6.45, 7) is 1.38. The molecule has 2 saturated heterocycles. The Morgan fingerprint density at radius 3 is 2.40 bits per heavy atom. The van der Waals surface area contributed by atoms with Crippen molar-refractivity contribution in [2.75, 3.05) is 33.3 Å². The second-order valence-corrected chi connectivity index (χ2v) is 10.7. The Labute approximate surface area is 241 Å². The topological polar surface area (TPSA) is 89.3 Å². The van der Waals surface area contributed by atoms with Crippen LogP contribution in [0.1, 0.15) is 51.9 Å². The predicted molar refractivity (Wildman–Crippen MR) is 147 cm³/mol. The summed E-state index contributed by atoms with van der Waals surface area (Å²) < 4.78 is 50.5. The Balaban J connectivity index is 1.25. The molecule has 1 aromatic carbocycles. The van der Waals surface area contributed by atoms with Gasteiger partial charge in [-0.1, -0.05) is 36.4 Å². The van der Waals surface area contributed by atoms with Gasteiger partial charge in [0.1, 0.15) is 0 Å². The Hall–Kier alpha value is -4.32. The molecule has 0 spiro atoms. The molecule has 2 aliphatic heterocycles. The molecule has 1 unspecified atom stereocenters. The first-order valence-corrected chi connectivity index (χ1v) is 13.8. The minimum absolute atomic E-state index is 0.109. The molecular weight excluding hydrogens is 547 g/mol. The van der Waals surface area contributed by atoms with Crippen LogP contribution < -0.4 is 4.74 Å². The normalized spacial score (nSPS) is 19.2. The Bertz CT molecular complexity index is 1520. The van der Waals surface area contributed by atoms with Crippen molar-refractivity contribution in [1.29, 1.82) is 0 Å². The molecule has 0 bridgehead atoms. The number of pyridine rings is 1. The van der Waals surface area contributed by atoms with E-state index < -0.39 is 30.1 Å². The summed E-state index contributed by atoms with van der Waals surface area (Å²) in [4.78, 5) is 29.8. The van der Waals surface area contributed by atoms with E-state index in [-0.39, 0.29) is 24.0 Å². The van der Waals surface area contributed by atoms with Crippen LogP contribution in [0.5, 0.6) is 5.88 Å². The zero-order valence-corrected chi connectivity index (χ0v) is 23.0. The Morgan fingerprint density at radius 1 is 1.00 bits per heavy atom. The van der Waals surface area contributed by atoms with Crippen LogP contribution in [-0.2, 0) is 6.54 Å². The molecule has 2 aliphatic rings. The highest BCUT2D eigenvalue weighted by atomic mass is 19.3. The molecule has 1 amide bonds. The fourth-order valence-corrected chi connectivity index (χ4v) is 5.88. The summed E-state index contributed by atoms with van der Waals surface area (Å²) >= 11 is 0. The molecule has 5 heterocycles. The summed E-state index contributed by atoms with van der Waals surface area (Å²) in [7, 11) is 1.57. The summed E-state index contributed by atoms with van der Waals surface area (Å²) in [6.07, 6.45) is 6.64. The van der Waals surface area contributed by atoms with E-state index in [1.807, 2.05) is 12.1 Å². The molecule has 0 saturated carbocycles. The molecular formula is C30H30F3N7O2. The van der Waals surface area contributed by atoms with Gasteiger partial charge in [-0.25, -0.2) is 32.8 Å². The number of aromatic nitrogens is 5. The third-order valence-corrected chi connectivity index (χ3v) is 8.02. The number of hydrogen-bond acceptors (Lipinski definition) is 7. The highest BCUT2D eigenvalue weighted by Crippen LogP contribution is 2.41. The smallest absolute Gasteiger partial charge is 0.273 e. The van der Waals surface area contributed by atoms with Crippen molar-refractivity contribution in [2.24, 2.45) is 0 Å². The Morgan fingerprint density at radius 2 is 1.74 bits per heavy atom. The number of hydrogen-bond donors (Lipinski definition) is 0. The van der Waals surface area contributed by atoms with Gasteiger partial charge in [-0.15, -0.1) is 0 Å². The number of methoxy groups -OCH3 is 1. The number of rotatable bonds is 7. The average Bonchev–Trinajstić information content (AvgIpc) is 3.59. The van der Waals surface area contributed by atoms with Gasteiger partial charge in [0.2, 0.25) is 5.88 Å². The van der Waals surface area contributed by atoms with E-state index in [1.165, 1.54) is 15.8 Å². The lowest BCUT2D eigenvalue weighted by Gasteiger charge is -2.32. The van der Waals surface area contributed by atoms with Crippen LogP contribution >= 0.6 is 0 Å². The van der Waals surface area contributed by atoms with E-state index in [2.05, 4.69) is 25.0 Å². The third kappa shape index (κ3) is 5.58. The number of piperidine rings is 1. The van der Waals surface area contributed by atoms with Gasteiger partial charge in [-0.3, -0.25) is 9.69 Å². The fraction of sp³-hybridized carbons (Fsp3) is 0.367. The number of amides is 1. The first-order valence-electron chi connectivity index (χ1n) is 13.8. The number of ether oxygens (including phenoxy) is 1. The van der Waals surface area contributed by atoms with Crippen molar-refractivity contribution in [2.45, 2.75) is 37.1 Å². The number of carbonyl (C=O) groups is 1. The second-order valence-electron chi connectivity index (χ2n) is 10.7. The van der Waals surface area contributed by atoms with E-state index in [1.54, 1.807) is 43.6 Å². The van der Waals surface area contributed by atoms with Gasteiger partial charge in [-0.05, 0) is 37.1 Å². The van der Waals surface area contributed by atoms with Gasteiger partial charge in [0, 0.05) is 31.3 Å². The van der Waals surface area contributed by atoms with E-state index in [0.717, 1.165) is 31.0 Å². The zero-order chi connectivity index (χ0) is 29.3. The van der Waals surface area contributed by atoms with Crippen LogP contribution in [-0.4, -0.2) is 79.7 Å². The Kier molecular flexibility index (Phi) is 7.63. The number of likely N-dealkylation sites (tertiary alicyclic amines) is 2. The van der Waals surface area contributed by atoms with Gasteiger partial charge in [0.25, 0.3) is 17.8 Å². The van der Waals surface area contributed by atoms with Crippen molar-refractivity contribution >= 4 is 5.91 Å². The SMILES string of the molecule is COc1ccc(CN2CCC(c3c(C(=O)N4CC(c5ccccc5)C(F)(F)C4)cnn3-c3ncc(F)cn3)CC2)cn1. The molecule has 42 heavy (non-hydrogen) atoms. The quantitative estimate of drug-likeness (QED) is 0.321. The van der Waals surface area contributed by atoms with E-state index in [0.29, 0.717) is 36.5 Å². The molecule has 0 radical (unpaired) electrons. The maximum absolute atomic E-state index is 15.2. The average molecular weight is 578 g/mol. The van der Waals surface area contributed by atoms with Gasteiger partial charge in [0.05, 0.1) is 49.4 Å². The molecule has 1 atom stereocenters. The minimum atomic E-state index is -3.07. The fourth-order valence-electron chi connectivity index (χ4n) is 5.88. The lowest BCUT2D eigenvalue weighted by Crippen LogP contribution is -2.35. The lowest BCUT2D eigenvalue weighted by molar-refractivity contribution is -0.00244. The largest absolute Gasteiger partial charge is 0.481 e. The standard InChI is InChI=1S/C30H30F3N7O2/c1-42-26-8-7-20(13-34-26)17-38-11-9-22(10-12-38)27-24(16-37-40(27)29-35-14-23(31)15-36-29)28(41)39-18-25(30(32,33)19-39)21-5-3-2-4-6-21/h2-8,13-16,22,25H,9-12,17-19H2,1H3. The lowest BCUT2D eigenvalue weighted by atomic mass is 9.90. The minimum Gasteiger partial charge on any atom is -0.481 e. The number of carbonyl (C=O) groups excluding carboxylic acids is 1. The van der Waals surface area contributed by atoms with Crippen LogP contribution in [0, 0.1) is 5.82 Å². The summed E-state index contributed by atoms with van der Waals surface area (Å²) in [5.41, 5.74) is 2.35. The molecule has 6 rings (SSSR count). The maximum Gasteiger partial charge on any atom is 0.273 e. The third-order valence-electron chi connectivity index (χ3n) is 8.02. The molecule has 9 nitrogen and oxygen atoms in total. The molecule has 0 N–H and O–H groups in total. The van der Waals surface area contributed by atoms with E-state index >= 15 is 8.78 Å². The first-order chi connectivity index (χ1) is 20.3. The first kappa shape index (κ1) is 27.8. The molecule has 2 fully saturated rings. The second kappa shape index (κ2) is 11.5. The van der Waals surface area contributed by atoms with Crippen LogP contribution in [0.15, 0.2) is 67.3 Å². The molecule has 218 valence electrons. The molecule has 0 aliphatic carbocycles. The van der Waals surface area contributed by atoms with Gasteiger partial charge < -0.3 is 9.64 Å². The van der Waals surface area contributed by atoms with E-state index in [4.69, 9.17) is 4.74 Å². The zero-order valence-electron chi connectivity index (χ0n) is 23.0. The van der Waals surface area contributed by atoms with Crippen molar-refractivity contribution in [3.63, 3.8) is 0 Å². The van der Waals surface area contributed by atoms with Crippen LogP contribution in [0.25, 0.3) is 5.95 Å². The number of halogens is 3. The highest BCUT2D eigenvalue weighted by molar-refractivity contribution is 5.96. The van der Waals surface area contributed by atoms with Crippen molar-refractivity contribution in [3.05, 3.63) is 95.5 Å². The molecule has 3 aromatic heterocycles. The van der Waals surface area contributed by atoms with Crippen molar-refractivity contribution in [1.82, 2.24) is 34.5 Å². The van der Waals surface area contributed by atoms with Gasteiger partial charge in [-0.2, -0.15) is 5.10 Å². The van der Waals surface area contributed by atoms with Crippen LogP contribution in [0.3, 0.4) is 0 Å². The summed E-state index contributed by atoms with van der Waals surface area (Å²) in [5, 5.41) is 4.40. The van der Waals surface area contributed by atoms with Gasteiger partial charge in [0.15, 0.2) is 5.82 Å². The van der Waals surface area contributed by atoms with Crippen LogP contribution in [0.2, 0.25) is 0 Å². The molecule has 4 aromatic rings. The summed E-state index contributed by atoms with van der Waals surface area (Å²) in [6, 6.07) is 12.3. The summed E-state index contributed by atoms with van der Waals surface area (Å²) in [5.74, 6) is -4.73. The van der Waals surface area contributed by atoms with Crippen molar-refractivity contribution < 1.29 is 22.7 Å². The van der Waals surface area contributed by atoms with E-state index in [9.17, 15) is 9.18 Å². The van der Waals surface area contributed by atoms with Gasteiger partial charge >= 0.3 is 0 Å². The maximum atomic E-state index is 15.2. The highest BCUT2D eigenvalue weighted by Gasteiger charge is 2.50.